The van der Waals surface area contributed by atoms with E-state index in [9.17, 15) is 18.7 Å². The lowest BCUT2D eigenvalue weighted by Crippen LogP contribution is -2.51. The summed E-state index contributed by atoms with van der Waals surface area (Å²) in [6.07, 6.45) is 1.82. The molecule has 1 aromatic rings. The van der Waals surface area contributed by atoms with Gasteiger partial charge in [-0.25, -0.2) is 8.78 Å². The van der Waals surface area contributed by atoms with Crippen LogP contribution in [0.3, 0.4) is 0 Å². The molecule has 0 aromatic heterocycles. The Kier molecular flexibility index (Phi) is 5.13. The van der Waals surface area contributed by atoms with Gasteiger partial charge in [-0.15, -0.1) is 0 Å². The van der Waals surface area contributed by atoms with Crippen LogP contribution in [0.4, 0.5) is 14.5 Å². The van der Waals surface area contributed by atoms with Gasteiger partial charge in [-0.3, -0.25) is 9.69 Å². The lowest BCUT2D eigenvalue weighted by atomic mass is 9.82. The number of nitrogens with one attached hydrogen (secondary N) is 1. The molecule has 4 nitrogen and oxygen atoms in total. The molecule has 2 atom stereocenters. The molecule has 1 saturated heterocycles. The third kappa shape index (κ3) is 3.81. The summed E-state index contributed by atoms with van der Waals surface area (Å²) in [4.78, 5) is 14.3. The lowest BCUT2D eigenvalue weighted by Gasteiger charge is -2.41. The van der Waals surface area contributed by atoms with Crippen molar-refractivity contribution in [1.29, 1.82) is 0 Å². The Bertz CT molecular complexity index is 553. The zero-order valence-corrected chi connectivity index (χ0v) is 12.9. The first-order valence-corrected chi connectivity index (χ1v) is 7.45. The molecular weight excluding hydrogens is 290 g/mol. The summed E-state index contributed by atoms with van der Waals surface area (Å²) < 4.78 is 26.5. The van der Waals surface area contributed by atoms with Gasteiger partial charge in [0, 0.05) is 24.6 Å². The van der Waals surface area contributed by atoms with Crippen molar-refractivity contribution in [2.75, 3.05) is 25.0 Å². The molecule has 1 heterocycles. The minimum Gasteiger partial charge on any atom is -0.396 e. The highest BCUT2D eigenvalue weighted by Gasteiger charge is 2.34. The van der Waals surface area contributed by atoms with Crippen LogP contribution in [0, 0.1) is 17.0 Å². The number of benzene rings is 1. The highest BCUT2D eigenvalue weighted by atomic mass is 19.1. The topological polar surface area (TPSA) is 52.6 Å². The van der Waals surface area contributed by atoms with Crippen LogP contribution in [0.15, 0.2) is 18.2 Å². The van der Waals surface area contributed by atoms with E-state index in [4.69, 9.17) is 0 Å². The van der Waals surface area contributed by atoms with Gasteiger partial charge in [0.15, 0.2) is 0 Å². The minimum absolute atomic E-state index is 0.0276. The Morgan fingerprint density at radius 1 is 1.50 bits per heavy atom. The molecule has 1 fully saturated rings. The largest absolute Gasteiger partial charge is 0.396 e. The van der Waals surface area contributed by atoms with E-state index in [0.29, 0.717) is 6.54 Å². The van der Waals surface area contributed by atoms with E-state index in [-0.39, 0.29) is 23.6 Å². The van der Waals surface area contributed by atoms with Crippen molar-refractivity contribution in [2.45, 2.75) is 32.7 Å². The average Bonchev–Trinajstić information content (AvgIpc) is 2.49. The predicted octanol–water partition coefficient (Wildman–Crippen LogP) is 2.39. The first kappa shape index (κ1) is 16.8. The number of aliphatic hydroxyl groups is 1. The number of anilines is 1. The SMILES string of the molecule is CC(C(=O)Nc1ccc(F)cc1F)N1CCCC(C)(CO)C1. The molecule has 0 aliphatic carbocycles. The molecule has 1 amide bonds. The van der Waals surface area contributed by atoms with Gasteiger partial charge in [-0.05, 0) is 38.4 Å². The molecule has 2 unspecified atom stereocenters. The maximum Gasteiger partial charge on any atom is 0.241 e. The van der Waals surface area contributed by atoms with Gasteiger partial charge in [-0.1, -0.05) is 6.92 Å². The second-order valence-corrected chi connectivity index (χ2v) is 6.33. The molecule has 22 heavy (non-hydrogen) atoms. The van der Waals surface area contributed by atoms with E-state index in [1.807, 2.05) is 11.8 Å². The maximum atomic E-state index is 13.6. The lowest BCUT2D eigenvalue weighted by molar-refractivity contribution is -0.122. The quantitative estimate of drug-likeness (QED) is 0.897. The second-order valence-electron chi connectivity index (χ2n) is 6.33. The van der Waals surface area contributed by atoms with Crippen LogP contribution in [0.2, 0.25) is 0 Å². The maximum absolute atomic E-state index is 13.6. The number of likely N-dealkylation sites (tertiary alicyclic amines) is 1. The fraction of sp³-hybridized carbons (Fsp3) is 0.562. The molecule has 2 rings (SSSR count). The van der Waals surface area contributed by atoms with Crippen molar-refractivity contribution >= 4 is 11.6 Å². The van der Waals surface area contributed by atoms with Gasteiger partial charge < -0.3 is 10.4 Å². The fourth-order valence-corrected chi connectivity index (χ4v) is 2.81. The van der Waals surface area contributed by atoms with E-state index in [0.717, 1.165) is 31.5 Å². The minimum atomic E-state index is -0.792. The van der Waals surface area contributed by atoms with Crippen LogP contribution in [-0.4, -0.2) is 41.7 Å². The summed E-state index contributed by atoms with van der Waals surface area (Å²) in [6.45, 7) is 5.19. The van der Waals surface area contributed by atoms with E-state index >= 15 is 0 Å². The van der Waals surface area contributed by atoms with E-state index in [1.54, 1.807) is 6.92 Å². The number of hydrogen-bond acceptors (Lipinski definition) is 3. The van der Waals surface area contributed by atoms with E-state index < -0.39 is 17.7 Å². The number of hydrogen-bond donors (Lipinski definition) is 2. The van der Waals surface area contributed by atoms with Gasteiger partial charge in [-0.2, -0.15) is 0 Å². The van der Waals surface area contributed by atoms with Crippen molar-refractivity contribution in [1.82, 2.24) is 4.90 Å². The normalized spacial score (nSPS) is 24.0. The molecule has 1 aromatic carbocycles. The number of halogens is 2. The van der Waals surface area contributed by atoms with Crippen LogP contribution in [0.1, 0.15) is 26.7 Å². The standard InChI is InChI=1S/C16H22F2N2O2/c1-11(20-7-3-6-16(2,9-20)10-21)15(22)19-14-5-4-12(17)8-13(14)18/h4-5,8,11,21H,3,6-7,9-10H2,1-2H3,(H,19,22). The van der Waals surface area contributed by atoms with Crippen LogP contribution in [0.5, 0.6) is 0 Å². The molecule has 2 N–H and O–H groups in total. The molecule has 122 valence electrons. The second kappa shape index (κ2) is 6.71. The number of aliphatic hydroxyl groups excluding tert-OH is 1. The summed E-state index contributed by atoms with van der Waals surface area (Å²) in [5, 5.41) is 12.0. The zero-order chi connectivity index (χ0) is 16.3. The van der Waals surface area contributed by atoms with Crippen molar-refractivity contribution in [2.24, 2.45) is 5.41 Å². The Morgan fingerprint density at radius 2 is 2.23 bits per heavy atom. The number of rotatable bonds is 4. The highest BCUT2D eigenvalue weighted by molar-refractivity contribution is 5.94. The molecule has 0 saturated carbocycles. The van der Waals surface area contributed by atoms with Gasteiger partial charge in [0.2, 0.25) is 5.91 Å². The number of piperidine rings is 1. The molecule has 1 aliphatic rings. The molecule has 6 heteroatoms. The van der Waals surface area contributed by atoms with Crippen molar-refractivity contribution < 1.29 is 18.7 Å². The summed E-state index contributed by atoms with van der Waals surface area (Å²) in [7, 11) is 0. The Balaban J connectivity index is 2.02. The van der Waals surface area contributed by atoms with E-state index in [1.165, 1.54) is 6.07 Å². The van der Waals surface area contributed by atoms with Gasteiger partial charge in [0.25, 0.3) is 0 Å². The molecular formula is C16H22F2N2O2. The van der Waals surface area contributed by atoms with Crippen LogP contribution in [-0.2, 0) is 4.79 Å². The first-order chi connectivity index (χ1) is 10.3. The Labute approximate surface area is 129 Å². The van der Waals surface area contributed by atoms with Gasteiger partial charge >= 0.3 is 0 Å². The van der Waals surface area contributed by atoms with Gasteiger partial charge in [0.1, 0.15) is 11.6 Å². The summed E-state index contributed by atoms with van der Waals surface area (Å²) in [6, 6.07) is 2.61. The monoisotopic (exact) mass is 312 g/mol. The third-order valence-corrected chi connectivity index (χ3v) is 4.31. The van der Waals surface area contributed by atoms with Gasteiger partial charge in [0.05, 0.1) is 11.7 Å². The van der Waals surface area contributed by atoms with Crippen LogP contribution >= 0.6 is 0 Å². The number of amides is 1. The highest BCUT2D eigenvalue weighted by Crippen LogP contribution is 2.30. The van der Waals surface area contributed by atoms with E-state index in [2.05, 4.69) is 5.32 Å². The Morgan fingerprint density at radius 3 is 2.86 bits per heavy atom. The number of nitrogens with zero attached hydrogens (tertiary/aromatic N) is 1. The zero-order valence-electron chi connectivity index (χ0n) is 12.9. The molecule has 1 aliphatic heterocycles. The molecule has 0 spiro atoms. The summed E-state index contributed by atoms with van der Waals surface area (Å²) >= 11 is 0. The van der Waals surface area contributed by atoms with Crippen LogP contribution < -0.4 is 5.32 Å². The molecule has 0 radical (unpaired) electrons. The smallest absolute Gasteiger partial charge is 0.241 e. The van der Waals surface area contributed by atoms with Crippen molar-refractivity contribution in [3.8, 4) is 0 Å². The third-order valence-electron chi connectivity index (χ3n) is 4.31. The first-order valence-electron chi connectivity index (χ1n) is 7.45. The average molecular weight is 312 g/mol. The fourth-order valence-electron chi connectivity index (χ4n) is 2.81. The predicted molar refractivity (Wildman–Crippen MR) is 80.4 cm³/mol. The Hall–Kier alpha value is -1.53. The summed E-state index contributed by atoms with van der Waals surface area (Å²) in [5.41, 5.74) is -0.242. The summed E-state index contributed by atoms with van der Waals surface area (Å²) in [5.74, 6) is -1.81. The molecule has 0 bridgehead atoms. The number of carbonyl (C=O) groups excluding carboxylic acids is 1. The van der Waals surface area contributed by atoms with Crippen molar-refractivity contribution in [3.05, 3.63) is 29.8 Å². The van der Waals surface area contributed by atoms with Crippen LogP contribution in [0.25, 0.3) is 0 Å². The van der Waals surface area contributed by atoms with Crippen molar-refractivity contribution in [3.63, 3.8) is 0 Å². The number of carbonyl (C=O) groups is 1.